The molecule has 2 aromatic carbocycles. The van der Waals surface area contributed by atoms with E-state index >= 15 is 0 Å². The van der Waals surface area contributed by atoms with E-state index in [2.05, 4.69) is 15.2 Å². The Morgan fingerprint density at radius 1 is 1.14 bits per heavy atom. The Balaban J connectivity index is 2.05. The molecule has 2 N–H and O–H groups in total. The van der Waals surface area contributed by atoms with Crippen LogP contribution in [0.5, 0.6) is 5.75 Å². The third-order valence-corrected chi connectivity index (χ3v) is 6.47. The Labute approximate surface area is 215 Å². The fraction of sp³-hybridized carbons (Fsp3) is 0.360. The van der Waals surface area contributed by atoms with Crippen LogP contribution >= 0.6 is 11.3 Å². The number of nitrogens with two attached hydrogens (primary N) is 1. The third-order valence-electron chi connectivity index (χ3n) is 5.10. The number of hydrogen-bond donors (Lipinski definition) is 1. The van der Waals surface area contributed by atoms with Crippen molar-refractivity contribution < 1.29 is 27.2 Å². The first-order chi connectivity index (χ1) is 17.3. The second-order valence-electron chi connectivity index (χ2n) is 9.22. The largest absolute Gasteiger partial charge is 0.416 e. The van der Waals surface area contributed by atoms with E-state index in [4.69, 9.17) is 10.6 Å². The summed E-state index contributed by atoms with van der Waals surface area (Å²) in [5, 5.41) is 9.00. The molecule has 7 nitrogen and oxygen atoms in total. The van der Waals surface area contributed by atoms with E-state index in [-0.39, 0.29) is 21.8 Å². The molecule has 198 valence electrons. The molecule has 0 aliphatic rings. The van der Waals surface area contributed by atoms with Crippen LogP contribution in [-0.4, -0.2) is 21.5 Å². The fourth-order valence-electron chi connectivity index (χ4n) is 3.02. The first kappa shape index (κ1) is 28.0. The van der Waals surface area contributed by atoms with Crippen molar-refractivity contribution in [2.45, 2.75) is 58.7 Å². The summed E-state index contributed by atoms with van der Waals surface area (Å²) in [6, 6.07) is 7.45. The average Bonchev–Trinajstić information content (AvgIpc) is 3.24. The number of halogens is 4. The summed E-state index contributed by atoms with van der Waals surface area (Å²) in [5.74, 6) is -1.87. The molecule has 0 radical (unpaired) electrons. The van der Waals surface area contributed by atoms with Gasteiger partial charge in [0.05, 0.1) is 11.1 Å². The fourth-order valence-corrected chi connectivity index (χ4v) is 4.01. The minimum atomic E-state index is -4.70. The normalized spacial score (nSPS) is 13.2. The quantitative estimate of drug-likeness (QED) is 0.183. The minimum Gasteiger partial charge on any atom is -0.380 e. The van der Waals surface area contributed by atoms with E-state index in [1.807, 2.05) is 27.7 Å². The Morgan fingerprint density at radius 2 is 1.81 bits per heavy atom. The topological polar surface area (TPSA) is 94.9 Å². The molecular weight excluding hydrogens is 510 g/mol. The van der Waals surface area contributed by atoms with Gasteiger partial charge in [-0.25, -0.2) is 9.07 Å². The molecule has 0 aliphatic heterocycles. The van der Waals surface area contributed by atoms with Crippen molar-refractivity contribution in [2.75, 3.05) is 0 Å². The molecule has 0 atom stereocenters. The van der Waals surface area contributed by atoms with Gasteiger partial charge in [-0.15, -0.1) is 0 Å². The first-order valence-electron chi connectivity index (χ1n) is 11.4. The molecule has 0 fully saturated rings. The van der Waals surface area contributed by atoms with Gasteiger partial charge in [-0.2, -0.15) is 23.3 Å². The molecule has 1 heterocycles. The van der Waals surface area contributed by atoms with Gasteiger partial charge >= 0.3 is 6.18 Å². The smallest absolute Gasteiger partial charge is 0.380 e. The molecule has 1 aromatic heterocycles. The average molecular weight is 538 g/mol. The van der Waals surface area contributed by atoms with Gasteiger partial charge in [0.1, 0.15) is 10.8 Å². The predicted molar refractivity (Wildman–Crippen MR) is 133 cm³/mol. The second-order valence-corrected chi connectivity index (χ2v) is 10.2. The van der Waals surface area contributed by atoms with Crippen molar-refractivity contribution in [3.8, 4) is 5.75 Å². The maximum atomic E-state index is 13.4. The lowest BCUT2D eigenvalue weighted by molar-refractivity contribution is -0.137. The van der Waals surface area contributed by atoms with Gasteiger partial charge in [0, 0.05) is 17.5 Å². The lowest BCUT2D eigenvalue weighted by Crippen LogP contribution is -2.19. The number of nitrogens with zero attached hydrogens (tertiary/aromatic N) is 4. The SMILES string of the molecule is CCCCn1nc(C(C)(C)C)sc1=NC(=O)c1cc(C(F)(F)F)ccc1ON=C(N)c1ccc(F)cc1. The van der Waals surface area contributed by atoms with Crippen LogP contribution in [0.2, 0.25) is 0 Å². The molecule has 37 heavy (non-hydrogen) atoms. The summed E-state index contributed by atoms with van der Waals surface area (Å²) < 4.78 is 55.0. The maximum absolute atomic E-state index is 13.4. The predicted octanol–water partition coefficient (Wildman–Crippen LogP) is 5.64. The van der Waals surface area contributed by atoms with E-state index in [0.717, 1.165) is 30.0 Å². The van der Waals surface area contributed by atoms with Crippen LogP contribution in [0.3, 0.4) is 0 Å². The number of carbonyl (C=O) groups is 1. The van der Waals surface area contributed by atoms with Gasteiger partial charge in [-0.1, -0.05) is 50.6 Å². The van der Waals surface area contributed by atoms with Crippen LogP contribution in [0.4, 0.5) is 17.6 Å². The van der Waals surface area contributed by atoms with Crippen LogP contribution in [-0.2, 0) is 18.1 Å². The summed E-state index contributed by atoms with van der Waals surface area (Å²) in [5.41, 5.74) is 4.37. The first-order valence-corrected chi connectivity index (χ1v) is 12.3. The molecule has 0 saturated carbocycles. The summed E-state index contributed by atoms with van der Waals surface area (Å²) in [6.07, 6.45) is -3.04. The summed E-state index contributed by atoms with van der Waals surface area (Å²) in [7, 11) is 0. The van der Waals surface area contributed by atoms with Crippen molar-refractivity contribution in [3.63, 3.8) is 0 Å². The second kappa shape index (κ2) is 11.2. The Kier molecular flexibility index (Phi) is 8.52. The number of amides is 1. The van der Waals surface area contributed by atoms with Crippen LogP contribution in [0, 0.1) is 5.82 Å². The number of unbranched alkanes of at least 4 members (excludes halogenated alkanes) is 1. The van der Waals surface area contributed by atoms with E-state index in [0.29, 0.717) is 18.2 Å². The van der Waals surface area contributed by atoms with Crippen LogP contribution in [0.1, 0.15) is 67.0 Å². The molecule has 3 rings (SSSR count). The number of carbonyl (C=O) groups excluding carboxylic acids is 1. The lowest BCUT2D eigenvalue weighted by Gasteiger charge is -2.12. The molecule has 12 heteroatoms. The van der Waals surface area contributed by atoms with Crippen molar-refractivity contribution in [1.82, 2.24) is 9.78 Å². The van der Waals surface area contributed by atoms with E-state index in [1.54, 1.807) is 4.68 Å². The monoisotopic (exact) mass is 537 g/mol. The van der Waals surface area contributed by atoms with Crippen LogP contribution in [0.15, 0.2) is 52.6 Å². The number of aromatic nitrogens is 2. The number of oxime groups is 1. The third kappa shape index (κ3) is 7.25. The lowest BCUT2D eigenvalue weighted by atomic mass is 9.98. The number of amidine groups is 1. The van der Waals surface area contributed by atoms with Gasteiger partial charge in [0.15, 0.2) is 11.6 Å². The highest BCUT2D eigenvalue weighted by atomic mass is 32.1. The van der Waals surface area contributed by atoms with Gasteiger partial charge < -0.3 is 10.6 Å². The Morgan fingerprint density at radius 3 is 2.41 bits per heavy atom. The van der Waals surface area contributed by atoms with Crippen LogP contribution < -0.4 is 15.4 Å². The highest BCUT2D eigenvalue weighted by Crippen LogP contribution is 2.33. The maximum Gasteiger partial charge on any atom is 0.416 e. The number of aryl methyl sites for hydroxylation is 1. The number of hydrogen-bond acceptors (Lipinski definition) is 5. The van der Waals surface area contributed by atoms with E-state index in [9.17, 15) is 22.4 Å². The number of benzene rings is 2. The summed E-state index contributed by atoms with van der Waals surface area (Å²) in [6.45, 7) is 8.39. The van der Waals surface area contributed by atoms with Crippen LogP contribution in [0.25, 0.3) is 0 Å². The molecule has 0 spiro atoms. The molecule has 0 aliphatic carbocycles. The van der Waals surface area contributed by atoms with E-state index in [1.165, 1.54) is 35.6 Å². The zero-order valence-electron chi connectivity index (χ0n) is 20.8. The van der Waals surface area contributed by atoms with Gasteiger partial charge in [-0.3, -0.25) is 4.79 Å². The van der Waals surface area contributed by atoms with Gasteiger partial charge in [-0.05, 0) is 48.9 Å². The van der Waals surface area contributed by atoms with Crippen molar-refractivity contribution >= 4 is 23.1 Å². The molecule has 0 unspecified atom stereocenters. The molecule has 3 aromatic rings. The molecular formula is C25H27F4N5O2S. The van der Waals surface area contributed by atoms with Crippen molar-refractivity contribution in [2.24, 2.45) is 15.9 Å². The number of rotatable bonds is 7. The molecule has 0 saturated heterocycles. The van der Waals surface area contributed by atoms with Gasteiger partial charge in [0.2, 0.25) is 4.80 Å². The highest BCUT2D eigenvalue weighted by Gasteiger charge is 2.32. The highest BCUT2D eigenvalue weighted by molar-refractivity contribution is 7.09. The van der Waals surface area contributed by atoms with E-state index < -0.39 is 29.0 Å². The van der Waals surface area contributed by atoms with Crippen molar-refractivity contribution in [1.29, 1.82) is 0 Å². The Hall–Kier alpha value is -3.54. The van der Waals surface area contributed by atoms with Gasteiger partial charge in [0.25, 0.3) is 5.91 Å². The summed E-state index contributed by atoms with van der Waals surface area (Å²) >= 11 is 1.20. The standard InChI is InChI=1S/C25H27F4N5O2S/c1-5-6-13-34-23(37-22(32-34)24(2,3)4)31-21(35)18-14-16(25(27,28)29)9-12-19(18)36-33-20(30)15-7-10-17(26)11-8-15/h7-12,14H,5-6,13H2,1-4H3,(H2,30,33). The van der Waals surface area contributed by atoms with Crippen molar-refractivity contribution in [3.05, 3.63) is 74.8 Å². The zero-order valence-corrected chi connectivity index (χ0v) is 21.6. The Bertz CT molecular complexity index is 1350. The molecule has 0 bridgehead atoms. The minimum absolute atomic E-state index is 0.162. The number of alkyl halides is 3. The zero-order chi connectivity index (χ0) is 27.4. The summed E-state index contributed by atoms with van der Waals surface area (Å²) in [4.78, 5) is 22.8. The molecule has 1 amide bonds.